The van der Waals surface area contributed by atoms with E-state index < -0.39 is 15.3 Å². The summed E-state index contributed by atoms with van der Waals surface area (Å²) in [5.74, 6) is 1.29. The van der Waals surface area contributed by atoms with Gasteiger partial charge in [-0.15, -0.1) is 0 Å². The number of amides is 2. The van der Waals surface area contributed by atoms with E-state index >= 15 is 4.79 Å². The molecule has 4 saturated carbocycles. The van der Waals surface area contributed by atoms with Crippen LogP contribution in [0.25, 0.3) is 6.08 Å². The van der Waals surface area contributed by atoms with Crippen LogP contribution < -0.4 is 0 Å². The van der Waals surface area contributed by atoms with Gasteiger partial charge in [-0.2, -0.15) is 0 Å². The van der Waals surface area contributed by atoms with Crippen molar-refractivity contribution < 1.29 is 27.5 Å². The molecular weight excluding hydrogens is 709 g/mol. The number of hydrogen-bond donors (Lipinski definition) is 0. The molecule has 5 aliphatic carbocycles. The summed E-state index contributed by atoms with van der Waals surface area (Å²) < 4.78 is 29.6. The number of carbonyl (C=O) groups excluding carboxylic acids is 3. The smallest absolute Gasteiger partial charge is 0.302 e. The molecule has 5 fully saturated rings. The largest absolute Gasteiger partial charge is 0.462 e. The van der Waals surface area contributed by atoms with Gasteiger partial charge in [-0.3, -0.25) is 14.4 Å². The number of allylic oxidation sites excluding steroid dienone is 2. The molecule has 8 nitrogen and oxygen atoms in total. The Morgan fingerprint density at radius 3 is 2.07 bits per heavy atom. The fraction of sp³-hybridized carbons (Fsp3) is 0.717. The van der Waals surface area contributed by atoms with Crippen LogP contribution >= 0.6 is 0 Å². The van der Waals surface area contributed by atoms with Crippen molar-refractivity contribution >= 4 is 33.7 Å². The summed E-state index contributed by atoms with van der Waals surface area (Å²) in [6, 6.07) is 6.53. The van der Waals surface area contributed by atoms with E-state index in [1.165, 1.54) is 6.26 Å². The number of piperazine rings is 1. The molecule has 55 heavy (non-hydrogen) atoms. The minimum Gasteiger partial charge on any atom is -0.462 e. The second-order valence-corrected chi connectivity index (χ2v) is 22.6. The zero-order valence-corrected chi connectivity index (χ0v) is 35.8. The highest BCUT2D eigenvalue weighted by atomic mass is 32.2. The number of fused-ring (bicyclic) bond motifs is 7. The van der Waals surface area contributed by atoms with Gasteiger partial charge in [-0.25, -0.2) is 8.42 Å². The molecule has 1 heterocycles. The van der Waals surface area contributed by atoms with E-state index in [4.69, 9.17) is 4.74 Å². The number of nitrogens with zero attached hydrogens (tertiary/aromatic N) is 2. The van der Waals surface area contributed by atoms with Crippen LogP contribution in [0.5, 0.6) is 0 Å². The molecule has 0 N–H and O–H groups in total. The zero-order chi connectivity index (χ0) is 40.0. The van der Waals surface area contributed by atoms with Gasteiger partial charge >= 0.3 is 5.97 Å². The summed E-state index contributed by atoms with van der Waals surface area (Å²) >= 11 is 0. The van der Waals surface area contributed by atoms with Gasteiger partial charge in [0.15, 0.2) is 9.84 Å². The van der Waals surface area contributed by atoms with Gasteiger partial charge in [-0.05, 0) is 127 Å². The summed E-state index contributed by atoms with van der Waals surface area (Å²) in [5.41, 5.74) is 2.31. The average Bonchev–Trinajstić information content (AvgIpc) is 3.11. The minimum atomic E-state index is -3.28. The lowest BCUT2D eigenvalue weighted by molar-refractivity contribution is -0.212. The van der Waals surface area contributed by atoms with Gasteiger partial charge < -0.3 is 14.5 Å². The Labute approximate surface area is 330 Å². The fourth-order valence-corrected chi connectivity index (χ4v) is 14.2. The molecule has 0 unspecified atom stereocenters. The average molecular weight is 775 g/mol. The number of carbonyl (C=O) groups is 3. The fourth-order valence-electron chi connectivity index (χ4n) is 13.6. The molecule has 9 heteroatoms. The van der Waals surface area contributed by atoms with Crippen LogP contribution in [0.4, 0.5) is 0 Å². The molecular formula is C46H66N2O6S. The SMILES string of the molecule is CC(=O)O[C@H]1CC[C@]2(C)[C@H]3CC=C4[C@@H]5CC(C)(C)CC[C@]5(C(=O)N5CCN(C(=O)/C=C/c6ccc(S(C)(=O)=O)cc6)CC5)CC[C@@]4(C)[C@]3(C)CC[C@H]2C1(C)C. The lowest BCUT2D eigenvalue weighted by atomic mass is 9.33. The number of sulfone groups is 1. The first-order valence-electron chi connectivity index (χ1n) is 21.0. The van der Waals surface area contributed by atoms with Gasteiger partial charge in [0.1, 0.15) is 6.10 Å². The second-order valence-electron chi connectivity index (χ2n) is 20.6. The van der Waals surface area contributed by atoms with Crippen molar-refractivity contribution in [2.45, 2.75) is 131 Å². The van der Waals surface area contributed by atoms with Crippen LogP contribution in [-0.2, 0) is 29.0 Å². The predicted molar refractivity (Wildman–Crippen MR) is 216 cm³/mol. The molecule has 0 radical (unpaired) electrons. The van der Waals surface area contributed by atoms with Gasteiger partial charge in [-0.1, -0.05) is 72.2 Å². The van der Waals surface area contributed by atoms with Crippen molar-refractivity contribution in [2.75, 3.05) is 32.4 Å². The number of benzene rings is 1. The summed E-state index contributed by atoms with van der Waals surface area (Å²) in [5, 5.41) is 0. The van der Waals surface area contributed by atoms with Crippen LogP contribution in [-0.4, -0.2) is 74.5 Å². The highest BCUT2D eigenvalue weighted by molar-refractivity contribution is 7.90. The monoisotopic (exact) mass is 774 g/mol. The molecule has 1 aromatic rings. The maximum atomic E-state index is 15.1. The van der Waals surface area contributed by atoms with Crippen LogP contribution in [0.1, 0.15) is 125 Å². The van der Waals surface area contributed by atoms with E-state index in [1.54, 1.807) is 48.9 Å². The highest BCUT2D eigenvalue weighted by Gasteiger charge is 2.69. The first-order valence-corrected chi connectivity index (χ1v) is 22.9. The van der Waals surface area contributed by atoms with Gasteiger partial charge in [0.2, 0.25) is 11.8 Å². The Hall–Kier alpha value is -2.94. The Kier molecular flexibility index (Phi) is 9.94. The molecule has 8 atom stereocenters. The van der Waals surface area contributed by atoms with Gasteiger partial charge in [0, 0.05) is 50.8 Å². The number of rotatable bonds is 5. The van der Waals surface area contributed by atoms with E-state index in [-0.39, 0.29) is 55.9 Å². The predicted octanol–water partition coefficient (Wildman–Crippen LogP) is 8.51. The first kappa shape index (κ1) is 40.3. The molecule has 0 bridgehead atoms. The second kappa shape index (κ2) is 13.6. The van der Waals surface area contributed by atoms with Crippen LogP contribution in [0.2, 0.25) is 0 Å². The first-order chi connectivity index (χ1) is 25.6. The van der Waals surface area contributed by atoms with E-state index in [0.29, 0.717) is 43.9 Å². The van der Waals surface area contributed by atoms with E-state index in [9.17, 15) is 18.0 Å². The quantitative estimate of drug-likeness (QED) is 0.169. The van der Waals surface area contributed by atoms with Crippen molar-refractivity contribution in [1.82, 2.24) is 9.80 Å². The molecule has 1 saturated heterocycles. The number of ether oxygens (including phenoxy) is 1. The maximum Gasteiger partial charge on any atom is 0.302 e. The molecule has 0 aromatic heterocycles. The molecule has 1 aromatic carbocycles. The Morgan fingerprint density at radius 1 is 0.800 bits per heavy atom. The van der Waals surface area contributed by atoms with Crippen molar-refractivity contribution in [3.63, 3.8) is 0 Å². The van der Waals surface area contributed by atoms with Gasteiger partial charge in [0.25, 0.3) is 0 Å². The van der Waals surface area contributed by atoms with E-state index in [0.717, 1.165) is 69.8 Å². The molecule has 302 valence electrons. The van der Waals surface area contributed by atoms with Crippen LogP contribution in [0.3, 0.4) is 0 Å². The maximum absolute atomic E-state index is 15.1. The van der Waals surface area contributed by atoms with Crippen molar-refractivity contribution in [3.05, 3.63) is 47.6 Å². The number of hydrogen-bond acceptors (Lipinski definition) is 6. The Bertz CT molecular complexity index is 1890. The van der Waals surface area contributed by atoms with Crippen molar-refractivity contribution in [2.24, 2.45) is 50.2 Å². The molecule has 6 aliphatic rings. The minimum absolute atomic E-state index is 0.0191. The van der Waals surface area contributed by atoms with E-state index in [2.05, 4.69) is 59.4 Å². The third-order valence-electron chi connectivity index (χ3n) is 16.9. The Balaban J connectivity index is 1.10. The summed E-state index contributed by atoms with van der Waals surface area (Å²) in [4.78, 5) is 44.6. The third kappa shape index (κ3) is 6.54. The molecule has 2 amide bonds. The summed E-state index contributed by atoms with van der Waals surface area (Å²) in [6.07, 6.45) is 17.4. The number of esters is 1. The molecule has 1 aliphatic heterocycles. The lowest BCUT2D eigenvalue weighted by Crippen LogP contribution is -2.66. The van der Waals surface area contributed by atoms with Crippen molar-refractivity contribution in [1.29, 1.82) is 0 Å². The highest BCUT2D eigenvalue weighted by Crippen LogP contribution is 2.76. The van der Waals surface area contributed by atoms with Crippen LogP contribution in [0, 0.1) is 50.2 Å². The lowest BCUT2D eigenvalue weighted by Gasteiger charge is -2.71. The molecule has 7 rings (SSSR count). The molecule has 0 spiro atoms. The van der Waals surface area contributed by atoms with Crippen molar-refractivity contribution in [3.8, 4) is 0 Å². The summed E-state index contributed by atoms with van der Waals surface area (Å²) in [7, 11) is -3.28. The zero-order valence-electron chi connectivity index (χ0n) is 35.0. The van der Waals surface area contributed by atoms with Gasteiger partial charge in [0.05, 0.1) is 10.3 Å². The summed E-state index contributed by atoms with van der Waals surface area (Å²) in [6.45, 7) is 20.9. The van der Waals surface area contributed by atoms with E-state index in [1.807, 2.05) is 4.90 Å². The topological polar surface area (TPSA) is 101 Å². The normalized spacial score (nSPS) is 38.2. The Morgan fingerprint density at radius 2 is 1.44 bits per heavy atom. The van der Waals surface area contributed by atoms with Crippen LogP contribution in [0.15, 0.2) is 46.9 Å². The standard InChI is InChI=1S/C46H66N2O6S/c1-31(49)54-38-19-20-43(6)36(42(38,4)5)18-21-45(8)37(43)16-15-34-35-30-41(2,3)22-24-46(35,25-23-44(34,45)7)40(51)48-28-26-47(27-29-48)39(50)17-12-32-10-13-33(14-11-32)55(9,52)53/h10-15,17,35-38H,16,18-30H2,1-9H3/b17-12+/t35-,36-,37+,38-,43-,44+,45+,46-/m0/s1. The third-order valence-corrected chi connectivity index (χ3v) is 18.0.